The molecule has 0 bridgehead atoms. The van der Waals surface area contributed by atoms with Gasteiger partial charge in [-0.25, -0.2) is 9.38 Å². The van der Waals surface area contributed by atoms with E-state index in [1.807, 2.05) is 0 Å². The Morgan fingerprint density at radius 2 is 2.17 bits per heavy atom. The standard InChI is InChI=1S/C24H29FN6O4/c1-14(29-24-19(9-26)34-13-20(32)30-24)10-27-16-5-3-15(4-6-16)12-35-23-17(25)11-28-18-7-8-21(33)31(2)22(18)23/h7-9,11,15-16,27H,1,3-6,10,12-13,26H2,2H3,(H,29,30,32)/b19-9+. The predicted molar refractivity (Wildman–Crippen MR) is 129 cm³/mol. The highest BCUT2D eigenvalue weighted by Gasteiger charge is 2.24. The van der Waals surface area contributed by atoms with Gasteiger partial charge in [-0.15, -0.1) is 0 Å². The molecular formula is C24H29FN6O4. The number of amides is 1. The number of ether oxygens (including phenoxy) is 2. The number of hydrogen-bond donors (Lipinski definition) is 3. The van der Waals surface area contributed by atoms with Gasteiger partial charge in [0, 0.05) is 37.6 Å². The van der Waals surface area contributed by atoms with Gasteiger partial charge < -0.3 is 30.4 Å². The topological polar surface area (TPSA) is 133 Å². The van der Waals surface area contributed by atoms with Crippen LogP contribution in [-0.4, -0.2) is 47.1 Å². The van der Waals surface area contributed by atoms with Crippen LogP contribution in [0.2, 0.25) is 0 Å². The molecule has 2 aromatic heterocycles. The summed E-state index contributed by atoms with van der Waals surface area (Å²) in [6, 6.07) is 3.25. The van der Waals surface area contributed by atoms with E-state index in [0.717, 1.165) is 31.9 Å². The van der Waals surface area contributed by atoms with Crippen LogP contribution in [-0.2, 0) is 16.6 Å². The van der Waals surface area contributed by atoms with Crippen LogP contribution in [0.4, 0.5) is 4.39 Å². The number of aromatic nitrogens is 2. The van der Waals surface area contributed by atoms with Gasteiger partial charge in [0.15, 0.2) is 29.8 Å². The quantitative estimate of drug-likeness (QED) is 0.542. The number of rotatable bonds is 7. The number of aliphatic imine (C=N–C) groups is 1. The van der Waals surface area contributed by atoms with E-state index in [9.17, 15) is 14.0 Å². The summed E-state index contributed by atoms with van der Waals surface area (Å²) in [5, 5.41) is 6.07. The van der Waals surface area contributed by atoms with E-state index in [4.69, 9.17) is 15.2 Å². The number of amidine groups is 1. The van der Waals surface area contributed by atoms with E-state index in [2.05, 4.69) is 27.2 Å². The number of halogens is 1. The molecule has 186 valence electrons. The van der Waals surface area contributed by atoms with Gasteiger partial charge in [-0.3, -0.25) is 14.6 Å². The van der Waals surface area contributed by atoms with Gasteiger partial charge in [0.2, 0.25) is 0 Å². The Bertz CT molecular complexity index is 1250. The fourth-order valence-electron chi connectivity index (χ4n) is 4.28. The van der Waals surface area contributed by atoms with Gasteiger partial charge in [-0.05, 0) is 37.7 Å². The number of carbonyl (C=O) groups excluding carboxylic acids is 1. The van der Waals surface area contributed by atoms with Crippen molar-refractivity contribution in [1.29, 1.82) is 0 Å². The number of fused-ring (bicyclic) bond motifs is 1. The summed E-state index contributed by atoms with van der Waals surface area (Å²) < 4.78 is 27.0. The Hall–Kier alpha value is -3.73. The SMILES string of the molecule is C=C(CNC1CCC(COc2c(F)cnc3ccc(=O)n(C)c23)CC1)N=C1NC(=O)CO/C1=C/N. The number of hydrogen-bond acceptors (Lipinski definition) is 8. The van der Waals surface area contributed by atoms with E-state index in [0.29, 0.717) is 35.6 Å². The maximum Gasteiger partial charge on any atom is 0.263 e. The molecule has 0 atom stereocenters. The summed E-state index contributed by atoms with van der Waals surface area (Å²) in [6.07, 6.45) is 6.03. The maximum atomic E-state index is 14.5. The van der Waals surface area contributed by atoms with Gasteiger partial charge in [0.25, 0.3) is 11.5 Å². The first-order valence-corrected chi connectivity index (χ1v) is 11.5. The molecule has 1 saturated heterocycles. The molecule has 35 heavy (non-hydrogen) atoms. The third kappa shape index (κ3) is 5.68. The lowest BCUT2D eigenvalue weighted by atomic mass is 9.86. The fourth-order valence-corrected chi connectivity index (χ4v) is 4.28. The Morgan fingerprint density at radius 1 is 1.40 bits per heavy atom. The van der Waals surface area contributed by atoms with Crippen molar-refractivity contribution in [3.8, 4) is 5.75 Å². The van der Waals surface area contributed by atoms with Crippen molar-refractivity contribution in [3.05, 3.63) is 58.7 Å². The van der Waals surface area contributed by atoms with Crippen molar-refractivity contribution in [2.75, 3.05) is 19.8 Å². The average Bonchev–Trinajstić information content (AvgIpc) is 2.85. The smallest absolute Gasteiger partial charge is 0.263 e. The second-order valence-corrected chi connectivity index (χ2v) is 8.70. The van der Waals surface area contributed by atoms with Crippen LogP contribution in [0.15, 0.2) is 52.4 Å². The molecule has 0 spiro atoms. The molecule has 1 amide bonds. The summed E-state index contributed by atoms with van der Waals surface area (Å²) in [4.78, 5) is 31.9. The van der Waals surface area contributed by atoms with E-state index >= 15 is 0 Å². The highest BCUT2D eigenvalue weighted by molar-refractivity contribution is 6.09. The molecule has 2 fully saturated rings. The van der Waals surface area contributed by atoms with Crippen molar-refractivity contribution in [2.45, 2.75) is 31.7 Å². The Labute approximate surface area is 201 Å². The van der Waals surface area contributed by atoms with Crippen molar-refractivity contribution in [3.63, 3.8) is 0 Å². The average molecular weight is 485 g/mol. The third-order valence-electron chi connectivity index (χ3n) is 6.22. The van der Waals surface area contributed by atoms with Crippen LogP contribution in [0.25, 0.3) is 11.0 Å². The molecule has 0 aromatic carbocycles. The van der Waals surface area contributed by atoms with Gasteiger partial charge in [0.1, 0.15) is 5.52 Å². The Balaban J connectivity index is 1.28. The van der Waals surface area contributed by atoms with Crippen LogP contribution in [0.3, 0.4) is 0 Å². The van der Waals surface area contributed by atoms with Crippen molar-refractivity contribution in [2.24, 2.45) is 23.7 Å². The molecule has 0 radical (unpaired) electrons. The molecular weight excluding hydrogens is 455 g/mol. The van der Waals surface area contributed by atoms with Gasteiger partial charge in [0.05, 0.1) is 18.3 Å². The predicted octanol–water partition coefficient (Wildman–Crippen LogP) is 1.46. The molecule has 1 aliphatic heterocycles. The number of nitrogens with one attached hydrogen (secondary N) is 2. The minimum Gasteiger partial charge on any atom is -0.488 e. The number of pyridine rings is 2. The van der Waals surface area contributed by atoms with Crippen molar-refractivity contribution < 1.29 is 18.7 Å². The summed E-state index contributed by atoms with van der Waals surface area (Å²) in [6.45, 7) is 4.66. The summed E-state index contributed by atoms with van der Waals surface area (Å²) in [5.41, 5.74) is 6.68. The van der Waals surface area contributed by atoms with Gasteiger partial charge in [-0.1, -0.05) is 6.58 Å². The molecule has 4 rings (SSSR count). The molecule has 10 nitrogen and oxygen atoms in total. The summed E-state index contributed by atoms with van der Waals surface area (Å²) >= 11 is 0. The molecule has 2 aromatic rings. The van der Waals surface area contributed by atoms with Crippen LogP contribution in [0.5, 0.6) is 5.75 Å². The zero-order valence-electron chi connectivity index (χ0n) is 19.6. The lowest BCUT2D eigenvalue weighted by Gasteiger charge is -2.29. The van der Waals surface area contributed by atoms with E-state index in [1.165, 1.54) is 16.8 Å². The number of nitrogens with zero attached hydrogens (tertiary/aromatic N) is 3. The van der Waals surface area contributed by atoms with E-state index in [1.54, 1.807) is 13.1 Å². The highest BCUT2D eigenvalue weighted by Crippen LogP contribution is 2.29. The van der Waals surface area contributed by atoms with Crippen molar-refractivity contribution >= 4 is 22.8 Å². The van der Waals surface area contributed by atoms with Crippen LogP contribution < -0.4 is 26.7 Å². The normalized spacial score (nSPS) is 22.7. The maximum absolute atomic E-state index is 14.5. The van der Waals surface area contributed by atoms with Crippen LogP contribution in [0, 0.1) is 11.7 Å². The van der Waals surface area contributed by atoms with Gasteiger partial charge in [-0.2, -0.15) is 0 Å². The van der Waals surface area contributed by atoms with Gasteiger partial charge >= 0.3 is 0 Å². The number of morpholine rings is 1. The second kappa shape index (κ2) is 10.7. The number of aryl methyl sites for hydroxylation is 1. The number of carbonyl (C=O) groups is 1. The molecule has 2 aliphatic rings. The summed E-state index contributed by atoms with van der Waals surface area (Å²) in [7, 11) is 1.58. The summed E-state index contributed by atoms with van der Waals surface area (Å²) in [5.74, 6) is 0.0238. The largest absolute Gasteiger partial charge is 0.488 e. The lowest BCUT2D eigenvalue weighted by Crippen LogP contribution is -2.41. The molecule has 3 heterocycles. The zero-order chi connectivity index (χ0) is 24.9. The fraction of sp³-hybridized carbons (Fsp3) is 0.417. The number of nitrogens with two attached hydrogens (primary N) is 1. The Kier molecular flexibility index (Phi) is 7.45. The minimum absolute atomic E-state index is 0.0653. The van der Waals surface area contributed by atoms with E-state index in [-0.39, 0.29) is 41.6 Å². The first kappa shape index (κ1) is 24.4. The van der Waals surface area contributed by atoms with Crippen molar-refractivity contribution in [1.82, 2.24) is 20.2 Å². The van der Waals surface area contributed by atoms with Crippen LogP contribution >= 0.6 is 0 Å². The Morgan fingerprint density at radius 3 is 2.91 bits per heavy atom. The first-order valence-electron chi connectivity index (χ1n) is 11.5. The zero-order valence-corrected chi connectivity index (χ0v) is 19.6. The molecule has 0 unspecified atom stereocenters. The molecule has 1 aliphatic carbocycles. The molecule has 1 saturated carbocycles. The first-order chi connectivity index (χ1) is 16.9. The van der Waals surface area contributed by atoms with Crippen LogP contribution in [0.1, 0.15) is 25.7 Å². The minimum atomic E-state index is -0.582. The molecule has 4 N–H and O–H groups in total. The highest BCUT2D eigenvalue weighted by atomic mass is 19.1. The monoisotopic (exact) mass is 484 g/mol. The third-order valence-corrected chi connectivity index (χ3v) is 6.22. The second-order valence-electron chi connectivity index (χ2n) is 8.70. The molecule has 11 heteroatoms. The lowest BCUT2D eigenvalue weighted by molar-refractivity contribution is -0.123. The van der Waals surface area contributed by atoms with E-state index < -0.39 is 5.82 Å².